The Balaban J connectivity index is 1.59. The summed E-state index contributed by atoms with van der Waals surface area (Å²) in [6.07, 6.45) is -0.0706. The predicted octanol–water partition coefficient (Wildman–Crippen LogP) is 5.43. The molecule has 1 aliphatic rings. The number of carbonyl (C=O) groups excluding carboxylic acids is 2. The zero-order valence-electron chi connectivity index (χ0n) is 17.5. The number of benzene rings is 3. The lowest BCUT2D eigenvalue weighted by Gasteiger charge is -2.23. The van der Waals surface area contributed by atoms with Gasteiger partial charge in [0.15, 0.2) is 6.10 Å². The van der Waals surface area contributed by atoms with Crippen LogP contribution in [0.4, 0.5) is 10.1 Å². The Morgan fingerprint density at radius 2 is 1.91 bits per heavy atom. The number of anilines is 1. The normalized spacial score (nSPS) is 15.5. The lowest BCUT2D eigenvalue weighted by Crippen LogP contribution is -2.38. The van der Waals surface area contributed by atoms with Crippen molar-refractivity contribution in [2.75, 3.05) is 5.32 Å². The van der Waals surface area contributed by atoms with Gasteiger partial charge in [0, 0.05) is 34.9 Å². The van der Waals surface area contributed by atoms with Crippen LogP contribution in [0.5, 0.6) is 5.75 Å². The third-order valence-electron chi connectivity index (χ3n) is 5.33. The van der Waals surface area contributed by atoms with Crippen LogP contribution in [0.25, 0.3) is 0 Å². The van der Waals surface area contributed by atoms with E-state index in [2.05, 4.69) is 5.32 Å². The van der Waals surface area contributed by atoms with Crippen LogP contribution in [0.1, 0.15) is 34.8 Å². The summed E-state index contributed by atoms with van der Waals surface area (Å²) in [4.78, 5) is 27.3. The SMILES string of the molecule is CC[C@@H]1Oc2ccc(NC(=O)c3ccc(F)cc3)cc2CN(Cc2ccccc2Cl)C1=O. The number of rotatable bonds is 5. The second-order valence-electron chi connectivity index (χ2n) is 7.58. The number of amides is 2. The van der Waals surface area contributed by atoms with Crippen molar-refractivity contribution in [3.05, 3.63) is 94.3 Å². The molecule has 0 aromatic heterocycles. The molecule has 1 N–H and O–H groups in total. The third-order valence-corrected chi connectivity index (χ3v) is 5.70. The predicted molar refractivity (Wildman–Crippen MR) is 121 cm³/mol. The van der Waals surface area contributed by atoms with E-state index < -0.39 is 11.9 Å². The van der Waals surface area contributed by atoms with E-state index in [1.165, 1.54) is 24.3 Å². The number of carbonyl (C=O) groups is 2. The summed E-state index contributed by atoms with van der Waals surface area (Å²) >= 11 is 6.31. The smallest absolute Gasteiger partial charge is 0.264 e. The Labute approximate surface area is 190 Å². The van der Waals surface area contributed by atoms with E-state index in [0.717, 1.165) is 11.1 Å². The van der Waals surface area contributed by atoms with Crippen molar-refractivity contribution in [1.82, 2.24) is 4.90 Å². The van der Waals surface area contributed by atoms with Crippen molar-refractivity contribution in [1.29, 1.82) is 0 Å². The standard InChI is InChI=1S/C25H22ClFN2O3/c1-2-22-25(31)29(14-17-5-3-4-6-21(17)26)15-18-13-20(11-12-23(18)32-22)28-24(30)16-7-9-19(27)10-8-16/h3-13,22H,2,14-15H2,1H3,(H,28,30)/t22-/m0/s1. The Bertz CT molecular complexity index is 1150. The quantitative estimate of drug-likeness (QED) is 0.561. The fourth-order valence-corrected chi connectivity index (χ4v) is 3.81. The number of nitrogens with one attached hydrogen (secondary N) is 1. The minimum Gasteiger partial charge on any atom is -0.480 e. The number of halogens is 2. The van der Waals surface area contributed by atoms with Crippen molar-refractivity contribution in [2.24, 2.45) is 0 Å². The minimum atomic E-state index is -0.599. The number of hydrogen-bond donors (Lipinski definition) is 1. The fraction of sp³-hybridized carbons (Fsp3) is 0.200. The van der Waals surface area contributed by atoms with Gasteiger partial charge in [-0.25, -0.2) is 4.39 Å². The van der Waals surface area contributed by atoms with Gasteiger partial charge in [0.1, 0.15) is 11.6 Å². The van der Waals surface area contributed by atoms with Crippen LogP contribution in [0.2, 0.25) is 5.02 Å². The molecule has 7 heteroatoms. The molecule has 1 heterocycles. The van der Waals surface area contributed by atoms with E-state index >= 15 is 0 Å². The first kappa shape index (κ1) is 21.8. The zero-order valence-corrected chi connectivity index (χ0v) is 18.2. The molecule has 1 atom stereocenters. The molecule has 0 saturated heterocycles. The van der Waals surface area contributed by atoms with E-state index in [1.54, 1.807) is 29.2 Å². The van der Waals surface area contributed by atoms with Gasteiger partial charge in [-0.1, -0.05) is 36.7 Å². The molecule has 32 heavy (non-hydrogen) atoms. The van der Waals surface area contributed by atoms with Gasteiger partial charge in [-0.15, -0.1) is 0 Å². The number of hydrogen-bond acceptors (Lipinski definition) is 3. The maximum Gasteiger partial charge on any atom is 0.264 e. The first-order valence-corrected chi connectivity index (χ1v) is 10.7. The highest BCUT2D eigenvalue weighted by atomic mass is 35.5. The van der Waals surface area contributed by atoms with Gasteiger partial charge in [0.25, 0.3) is 11.8 Å². The minimum absolute atomic E-state index is 0.111. The molecule has 164 valence electrons. The highest BCUT2D eigenvalue weighted by molar-refractivity contribution is 6.31. The average Bonchev–Trinajstić information content (AvgIpc) is 2.92. The molecule has 1 aliphatic heterocycles. The second kappa shape index (κ2) is 9.40. The van der Waals surface area contributed by atoms with E-state index in [0.29, 0.717) is 41.5 Å². The molecular formula is C25H22ClFN2O3. The van der Waals surface area contributed by atoms with Crippen LogP contribution >= 0.6 is 11.6 Å². The van der Waals surface area contributed by atoms with Crippen molar-refractivity contribution in [2.45, 2.75) is 32.5 Å². The second-order valence-corrected chi connectivity index (χ2v) is 7.99. The number of fused-ring (bicyclic) bond motifs is 1. The molecule has 0 radical (unpaired) electrons. The molecule has 0 spiro atoms. The topological polar surface area (TPSA) is 58.6 Å². The maximum absolute atomic E-state index is 13.1. The summed E-state index contributed by atoms with van der Waals surface area (Å²) in [6, 6.07) is 18.0. The van der Waals surface area contributed by atoms with E-state index in [-0.39, 0.29) is 11.8 Å². The molecule has 0 unspecified atom stereocenters. The van der Waals surface area contributed by atoms with Crippen LogP contribution in [0, 0.1) is 5.82 Å². The van der Waals surface area contributed by atoms with Crippen LogP contribution in [-0.2, 0) is 17.9 Å². The highest BCUT2D eigenvalue weighted by Gasteiger charge is 2.30. The van der Waals surface area contributed by atoms with Crippen molar-refractivity contribution in [3.63, 3.8) is 0 Å². The zero-order chi connectivity index (χ0) is 22.7. The molecule has 3 aromatic rings. The number of nitrogens with zero attached hydrogens (tertiary/aromatic N) is 1. The first-order valence-electron chi connectivity index (χ1n) is 10.3. The molecule has 0 bridgehead atoms. The molecule has 3 aromatic carbocycles. The van der Waals surface area contributed by atoms with E-state index in [9.17, 15) is 14.0 Å². The van der Waals surface area contributed by atoms with Gasteiger partial charge in [0.2, 0.25) is 0 Å². The van der Waals surface area contributed by atoms with Crippen LogP contribution in [0.3, 0.4) is 0 Å². The van der Waals surface area contributed by atoms with Gasteiger partial charge in [-0.3, -0.25) is 9.59 Å². The number of ether oxygens (including phenoxy) is 1. The van der Waals surface area contributed by atoms with E-state index in [1.807, 2.05) is 25.1 Å². The van der Waals surface area contributed by atoms with Gasteiger partial charge >= 0.3 is 0 Å². The van der Waals surface area contributed by atoms with Gasteiger partial charge in [0.05, 0.1) is 0 Å². The van der Waals surface area contributed by atoms with E-state index in [4.69, 9.17) is 16.3 Å². The summed E-state index contributed by atoms with van der Waals surface area (Å²) in [7, 11) is 0. The molecule has 5 nitrogen and oxygen atoms in total. The Morgan fingerprint density at radius 3 is 2.62 bits per heavy atom. The Kier molecular flexibility index (Phi) is 6.42. The third kappa shape index (κ3) is 4.75. The van der Waals surface area contributed by atoms with Crippen LogP contribution in [0.15, 0.2) is 66.7 Å². The summed E-state index contributed by atoms with van der Waals surface area (Å²) in [5.41, 5.74) is 2.53. The molecule has 0 fully saturated rings. The molecule has 0 aliphatic carbocycles. The summed E-state index contributed by atoms with van der Waals surface area (Å²) < 4.78 is 19.1. The van der Waals surface area contributed by atoms with Crippen LogP contribution in [-0.4, -0.2) is 22.8 Å². The van der Waals surface area contributed by atoms with Crippen molar-refractivity contribution in [3.8, 4) is 5.75 Å². The Morgan fingerprint density at radius 1 is 1.16 bits per heavy atom. The molecule has 4 rings (SSSR count). The molecule has 0 saturated carbocycles. The first-order chi connectivity index (χ1) is 15.4. The maximum atomic E-state index is 13.1. The average molecular weight is 453 g/mol. The van der Waals surface area contributed by atoms with Crippen molar-refractivity contribution >= 4 is 29.1 Å². The van der Waals surface area contributed by atoms with Gasteiger partial charge < -0.3 is 15.0 Å². The monoisotopic (exact) mass is 452 g/mol. The van der Waals surface area contributed by atoms with Gasteiger partial charge in [-0.2, -0.15) is 0 Å². The largest absolute Gasteiger partial charge is 0.480 e. The highest BCUT2D eigenvalue weighted by Crippen LogP contribution is 2.31. The van der Waals surface area contributed by atoms with Gasteiger partial charge in [-0.05, 0) is 60.5 Å². The Hall–Kier alpha value is -3.38. The van der Waals surface area contributed by atoms with Crippen LogP contribution < -0.4 is 10.1 Å². The lowest BCUT2D eigenvalue weighted by molar-refractivity contribution is -0.139. The lowest BCUT2D eigenvalue weighted by atomic mass is 10.1. The summed E-state index contributed by atoms with van der Waals surface area (Å²) in [5, 5.41) is 3.41. The van der Waals surface area contributed by atoms with Crippen molar-refractivity contribution < 1.29 is 18.7 Å². The molecular weight excluding hydrogens is 431 g/mol. The molecule has 2 amide bonds. The summed E-state index contributed by atoms with van der Waals surface area (Å²) in [6.45, 7) is 2.57. The summed E-state index contributed by atoms with van der Waals surface area (Å²) in [5.74, 6) is -0.264. The fourth-order valence-electron chi connectivity index (χ4n) is 3.62.